The maximum absolute atomic E-state index is 12.3. The van der Waals surface area contributed by atoms with Crippen molar-refractivity contribution in [1.82, 2.24) is 20.4 Å². The molecule has 1 aliphatic heterocycles. The van der Waals surface area contributed by atoms with E-state index in [1.165, 1.54) is 11.3 Å². The number of amides is 1. The summed E-state index contributed by atoms with van der Waals surface area (Å²) in [5.74, 6) is 1.72. The van der Waals surface area contributed by atoms with Crippen molar-refractivity contribution < 1.29 is 18.8 Å². The van der Waals surface area contributed by atoms with Crippen LogP contribution in [0, 0.1) is 0 Å². The van der Waals surface area contributed by atoms with E-state index >= 15 is 0 Å². The van der Waals surface area contributed by atoms with Crippen LogP contribution in [0.1, 0.15) is 15.4 Å². The lowest BCUT2D eigenvalue weighted by molar-refractivity contribution is 0.0950. The maximum atomic E-state index is 12.3. The van der Waals surface area contributed by atoms with Crippen LogP contribution in [0.5, 0.6) is 11.5 Å². The molecule has 9 heteroatoms. The molecule has 0 unspecified atom stereocenters. The van der Waals surface area contributed by atoms with Crippen LogP contribution in [-0.4, -0.2) is 27.8 Å². The zero-order valence-corrected chi connectivity index (χ0v) is 15.8. The van der Waals surface area contributed by atoms with Crippen LogP contribution < -0.4 is 14.8 Å². The number of thiazole rings is 1. The van der Waals surface area contributed by atoms with Crippen LogP contribution in [0.25, 0.3) is 23.0 Å². The molecular formula is C20H14N4O4S. The maximum Gasteiger partial charge on any atom is 0.280 e. The minimum atomic E-state index is -0.249. The number of fused-ring (bicyclic) bond motifs is 1. The van der Waals surface area contributed by atoms with Crippen LogP contribution in [0.3, 0.4) is 0 Å². The van der Waals surface area contributed by atoms with Crippen molar-refractivity contribution in [3.05, 3.63) is 64.5 Å². The van der Waals surface area contributed by atoms with E-state index < -0.39 is 0 Å². The number of rotatable bonds is 5. The molecule has 0 fully saturated rings. The second-order valence-corrected chi connectivity index (χ2v) is 7.06. The summed E-state index contributed by atoms with van der Waals surface area (Å²) in [7, 11) is 0. The van der Waals surface area contributed by atoms with Gasteiger partial charge >= 0.3 is 0 Å². The van der Waals surface area contributed by atoms with E-state index in [1.807, 2.05) is 36.4 Å². The molecule has 2 aromatic carbocycles. The number of carbonyl (C=O) groups excluding carboxylic acids is 1. The Morgan fingerprint density at radius 1 is 1.07 bits per heavy atom. The highest BCUT2D eigenvalue weighted by molar-refractivity contribution is 7.12. The Balaban J connectivity index is 1.30. The van der Waals surface area contributed by atoms with Gasteiger partial charge in [0.1, 0.15) is 5.69 Å². The van der Waals surface area contributed by atoms with Gasteiger partial charge in [0.05, 0.1) is 0 Å². The summed E-state index contributed by atoms with van der Waals surface area (Å²) in [5.41, 5.74) is 2.21. The highest BCUT2D eigenvalue weighted by Gasteiger charge is 2.19. The van der Waals surface area contributed by atoms with Crippen LogP contribution in [0.4, 0.5) is 0 Å². The van der Waals surface area contributed by atoms with Gasteiger partial charge in [0.25, 0.3) is 11.8 Å². The third kappa shape index (κ3) is 3.55. The highest BCUT2D eigenvalue weighted by atomic mass is 32.1. The zero-order valence-electron chi connectivity index (χ0n) is 15.0. The molecule has 0 bridgehead atoms. The molecule has 3 heterocycles. The first-order valence-electron chi connectivity index (χ1n) is 8.78. The molecular weight excluding hydrogens is 392 g/mol. The van der Waals surface area contributed by atoms with Crippen molar-refractivity contribution >= 4 is 17.2 Å². The largest absolute Gasteiger partial charge is 0.454 e. The first-order valence-corrected chi connectivity index (χ1v) is 9.66. The van der Waals surface area contributed by atoms with Gasteiger partial charge in [-0.05, 0) is 23.8 Å². The molecule has 8 nitrogen and oxygen atoms in total. The number of benzene rings is 2. The summed E-state index contributed by atoms with van der Waals surface area (Å²) in [5, 5.41) is 8.90. The molecule has 0 radical (unpaired) electrons. The van der Waals surface area contributed by atoms with Gasteiger partial charge in [-0.2, -0.15) is 4.98 Å². The van der Waals surface area contributed by atoms with Crippen LogP contribution in [0.2, 0.25) is 0 Å². The number of nitrogens with one attached hydrogen (secondary N) is 1. The Morgan fingerprint density at radius 2 is 1.93 bits per heavy atom. The van der Waals surface area contributed by atoms with Crippen molar-refractivity contribution in [1.29, 1.82) is 0 Å². The number of hydrogen-bond acceptors (Lipinski definition) is 8. The van der Waals surface area contributed by atoms with Gasteiger partial charge in [-0.25, -0.2) is 4.98 Å². The molecule has 0 saturated carbocycles. The van der Waals surface area contributed by atoms with E-state index in [-0.39, 0.29) is 18.6 Å². The molecule has 2 aromatic heterocycles. The Hall–Kier alpha value is -3.72. The van der Waals surface area contributed by atoms with E-state index in [4.69, 9.17) is 14.0 Å². The summed E-state index contributed by atoms with van der Waals surface area (Å²) in [6, 6.07) is 15.1. The number of hydrogen-bond donors (Lipinski definition) is 1. The fourth-order valence-corrected chi connectivity index (χ4v) is 3.52. The molecule has 4 aromatic rings. The SMILES string of the molecule is O=C(NCc1ccccc1)c1nc(-c2nc(-c3ccc4c(c3)OCO4)no2)cs1. The van der Waals surface area contributed by atoms with E-state index in [9.17, 15) is 4.79 Å². The lowest BCUT2D eigenvalue weighted by Gasteiger charge is -2.02. The lowest BCUT2D eigenvalue weighted by atomic mass is 10.2. The molecule has 144 valence electrons. The fraction of sp³-hybridized carbons (Fsp3) is 0.100. The minimum absolute atomic E-state index is 0.199. The van der Waals surface area contributed by atoms with Crippen molar-refractivity contribution in [3.8, 4) is 34.5 Å². The smallest absolute Gasteiger partial charge is 0.280 e. The monoisotopic (exact) mass is 406 g/mol. The average molecular weight is 406 g/mol. The molecule has 0 atom stereocenters. The van der Waals surface area contributed by atoms with Gasteiger partial charge < -0.3 is 19.3 Å². The van der Waals surface area contributed by atoms with Gasteiger partial charge in [-0.1, -0.05) is 35.5 Å². The summed E-state index contributed by atoms with van der Waals surface area (Å²) in [6.07, 6.45) is 0. The molecule has 1 amide bonds. The second-order valence-electron chi connectivity index (χ2n) is 6.20. The predicted molar refractivity (Wildman–Crippen MR) is 105 cm³/mol. The summed E-state index contributed by atoms with van der Waals surface area (Å²) in [4.78, 5) is 21.0. The Labute approximate surface area is 169 Å². The van der Waals surface area contributed by atoms with E-state index in [2.05, 4.69) is 20.4 Å². The summed E-state index contributed by atoms with van der Waals surface area (Å²) in [6.45, 7) is 0.633. The lowest BCUT2D eigenvalue weighted by Crippen LogP contribution is -2.22. The van der Waals surface area contributed by atoms with Crippen LogP contribution in [-0.2, 0) is 6.54 Å². The minimum Gasteiger partial charge on any atom is -0.454 e. The normalized spacial score (nSPS) is 12.1. The number of carbonyl (C=O) groups is 1. The summed E-state index contributed by atoms with van der Waals surface area (Å²) < 4.78 is 16.0. The standard InChI is InChI=1S/C20H14N4O4S/c25-18(21-9-12-4-2-1-3-5-12)20-22-14(10-29-20)19-23-17(24-28-19)13-6-7-15-16(8-13)27-11-26-15/h1-8,10H,9,11H2,(H,21,25). The first-order chi connectivity index (χ1) is 14.3. The van der Waals surface area contributed by atoms with Crippen molar-refractivity contribution in [2.24, 2.45) is 0 Å². The fourth-order valence-electron chi connectivity index (χ4n) is 2.81. The second kappa shape index (κ2) is 7.36. The zero-order chi connectivity index (χ0) is 19.6. The predicted octanol–water partition coefficient (Wildman–Crippen LogP) is 3.52. The Kier molecular flexibility index (Phi) is 4.41. The molecule has 0 aliphatic carbocycles. The van der Waals surface area contributed by atoms with Crippen LogP contribution in [0.15, 0.2) is 58.4 Å². The molecule has 1 aliphatic rings. The van der Waals surface area contributed by atoms with Crippen LogP contribution >= 0.6 is 11.3 Å². The Bertz CT molecular complexity index is 1170. The third-order valence-corrected chi connectivity index (χ3v) is 5.11. The molecule has 1 N–H and O–H groups in total. The number of ether oxygens (including phenoxy) is 2. The highest BCUT2D eigenvalue weighted by Crippen LogP contribution is 2.35. The van der Waals surface area contributed by atoms with Gasteiger partial charge in [0.15, 0.2) is 16.5 Å². The van der Waals surface area contributed by atoms with Gasteiger partial charge in [0.2, 0.25) is 12.6 Å². The van der Waals surface area contributed by atoms with Gasteiger partial charge in [-0.15, -0.1) is 11.3 Å². The molecule has 0 saturated heterocycles. The number of nitrogens with zero attached hydrogens (tertiary/aromatic N) is 3. The van der Waals surface area contributed by atoms with Gasteiger partial charge in [-0.3, -0.25) is 4.79 Å². The molecule has 29 heavy (non-hydrogen) atoms. The third-order valence-electron chi connectivity index (χ3n) is 4.27. The van der Waals surface area contributed by atoms with Crippen molar-refractivity contribution in [3.63, 3.8) is 0 Å². The van der Waals surface area contributed by atoms with E-state index in [0.29, 0.717) is 34.6 Å². The van der Waals surface area contributed by atoms with Crippen molar-refractivity contribution in [2.75, 3.05) is 6.79 Å². The van der Waals surface area contributed by atoms with Crippen molar-refractivity contribution in [2.45, 2.75) is 6.54 Å². The van der Waals surface area contributed by atoms with E-state index in [0.717, 1.165) is 11.1 Å². The van der Waals surface area contributed by atoms with E-state index in [1.54, 1.807) is 17.5 Å². The first kappa shape index (κ1) is 17.4. The quantitative estimate of drug-likeness (QED) is 0.541. The topological polar surface area (TPSA) is 99.4 Å². The summed E-state index contributed by atoms with van der Waals surface area (Å²) >= 11 is 1.22. The molecule has 0 spiro atoms. The average Bonchev–Trinajstić information content (AvgIpc) is 3.52. The molecule has 5 rings (SSSR count). The van der Waals surface area contributed by atoms with Gasteiger partial charge in [0, 0.05) is 17.5 Å². The number of aromatic nitrogens is 3. The Morgan fingerprint density at radius 3 is 2.83 bits per heavy atom.